The van der Waals surface area contributed by atoms with Gasteiger partial charge in [0.1, 0.15) is 11.7 Å². The molecule has 5 N–H and O–H groups in total. The van der Waals surface area contributed by atoms with Crippen molar-refractivity contribution in [2.75, 3.05) is 47.8 Å². The second kappa shape index (κ2) is 16.5. The molecular formula is C41H50F3N13O3. The van der Waals surface area contributed by atoms with Crippen molar-refractivity contribution in [1.82, 2.24) is 44.8 Å². The van der Waals surface area contributed by atoms with E-state index in [9.17, 15) is 27.6 Å². The summed E-state index contributed by atoms with van der Waals surface area (Å²) in [6.07, 6.45) is 6.82. The number of amides is 3. The number of alkyl halides is 3. The van der Waals surface area contributed by atoms with E-state index in [0.29, 0.717) is 30.5 Å². The molecule has 3 saturated heterocycles. The third-order valence-electron chi connectivity index (χ3n) is 12.7. The molecule has 3 atom stereocenters. The zero-order valence-electron chi connectivity index (χ0n) is 33.4. The first-order valence-electron chi connectivity index (χ1n) is 20.9. The summed E-state index contributed by atoms with van der Waals surface area (Å²) >= 11 is 0. The Morgan fingerprint density at radius 3 is 2.57 bits per heavy atom. The number of carbonyl (C=O) groups excluding carboxylic acids is 3. The number of nitrogens with two attached hydrogens (primary N) is 1. The summed E-state index contributed by atoms with van der Waals surface area (Å²) in [5.41, 5.74) is 8.56. The molecule has 0 bridgehead atoms. The Hall–Kier alpha value is -5.56. The van der Waals surface area contributed by atoms with Crippen LogP contribution in [0.1, 0.15) is 97.9 Å². The molecule has 16 nitrogen and oxygen atoms in total. The second-order valence-electron chi connectivity index (χ2n) is 16.8. The number of nitrogens with zero attached hydrogens (tertiary/aromatic N) is 9. The number of halogens is 3. The molecule has 1 aromatic carbocycles. The van der Waals surface area contributed by atoms with E-state index in [-0.39, 0.29) is 60.1 Å². The number of piperidine rings is 3. The Morgan fingerprint density at radius 1 is 1.02 bits per heavy atom. The molecular weight excluding hydrogens is 780 g/mol. The highest BCUT2D eigenvalue weighted by molar-refractivity contribution is 6.12. The predicted molar refractivity (Wildman–Crippen MR) is 218 cm³/mol. The number of aromatic nitrogens is 7. The highest BCUT2D eigenvalue weighted by atomic mass is 19.3. The maximum atomic E-state index is 14.6. The van der Waals surface area contributed by atoms with Crippen molar-refractivity contribution in [3.8, 4) is 0 Å². The SMILES string of the molecule is Cn1nc(C2CCC(=O)NC2=O)c2ccc(N3CCC(NCC4CCC(n5cc(NC(=O)c6c(N7C[C@H](N)C[C@@H](F)C7)nn7cccnc67)c(C(F)F)n5)CC4)CC3)cc21. The maximum Gasteiger partial charge on any atom is 0.284 e. The fourth-order valence-electron chi connectivity index (χ4n) is 9.55. The molecule has 19 heteroatoms. The van der Waals surface area contributed by atoms with Crippen LogP contribution in [0.3, 0.4) is 0 Å². The molecule has 318 valence electrons. The lowest BCUT2D eigenvalue weighted by molar-refractivity contribution is -0.134. The molecule has 7 heterocycles. The van der Waals surface area contributed by atoms with E-state index in [1.807, 2.05) is 17.8 Å². The molecule has 1 aliphatic carbocycles. The van der Waals surface area contributed by atoms with Gasteiger partial charge in [0.15, 0.2) is 17.2 Å². The lowest BCUT2D eigenvalue weighted by Gasteiger charge is -2.35. The molecule has 0 radical (unpaired) electrons. The van der Waals surface area contributed by atoms with Gasteiger partial charge in [-0.25, -0.2) is 22.7 Å². The van der Waals surface area contributed by atoms with Gasteiger partial charge in [-0.15, -0.1) is 5.10 Å². The maximum absolute atomic E-state index is 14.6. The van der Waals surface area contributed by atoms with Crippen LogP contribution in [0, 0.1) is 5.92 Å². The van der Waals surface area contributed by atoms with E-state index in [2.05, 4.69) is 53.3 Å². The molecule has 3 aliphatic heterocycles. The van der Waals surface area contributed by atoms with Gasteiger partial charge in [-0.2, -0.15) is 10.2 Å². The van der Waals surface area contributed by atoms with Crippen molar-refractivity contribution in [3.63, 3.8) is 0 Å². The van der Waals surface area contributed by atoms with E-state index in [1.165, 1.54) is 16.9 Å². The molecule has 5 aromatic rings. The number of carbonyl (C=O) groups is 3. The smallest absolute Gasteiger partial charge is 0.284 e. The average molecular weight is 830 g/mol. The zero-order chi connectivity index (χ0) is 41.7. The normalized spacial score (nSPS) is 24.5. The number of nitrogens with one attached hydrogen (secondary N) is 3. The van der Waals surface area contributed by atoms with Crippen LogP contribution in [0.15, 0.2) is 42.9 Å². The van der Waals surface area contributed by atoms with Crippen molar-refractivity contribution in [2.45, 2.75) is 94.4 Å². The van der Waals surface area contributed by atoms with Crippen LogP contribution in [0.4, 0.5) is 30.4 Å². The van der Waals surface area contributed by atoms with Crippen molar-refractivity contribution < 1.29 is 27.6 Å². The Balaban J connectivity index is 0.786. The van der Waals surface area contributed by atoms with Crippen molar-refractivity contribution >= 4 is 51.5 Å². The lowest BCUT2D eigenvalue weighted by atomic mass is 9.85. The van der Waals surface area contributed by atoms with Gasteiger partial charge in [0.2, 0.25) is 11.8 Å². The van der Waals surface area contributed by atoms with Crippen LogP contribution >= 0.6 is 0 Å². The van der Waals surface area contributed by atoms with Crippen LogP contribution in [-0.4, -0.2) is 103 Å². The first kappa shape index (κ1) is 39.9. The molecule has 0 spiro atoms. The molecule has 1 unspecified atom stereocenters. The molecule has 3 amide bonds. The zero-order valence-corrected chi connectivity index (χ0v) is 33.4. The molecule has 60 heavy (non-hydrogen) atoms. The number of hydrogen-bond acceptors (Lipinski definition) is 11. The number of imide groups is 1. The van der Waals surface area contributed by atoms with Crippen LogP contribution in [0.2, 0.25) is 0 Å². The van der Waals surface area contributed by atoms with E-state index in [1.54, 1.807) is 21.8 Å². The molecule has 9 rings (SSSR count). The molecule has 1 saturated carbocycles. The molecule has 4 aliphatic rings. The van der Waals surface area contributed by atoms with Crippen molar-refractivity contribution in [2.24, 2.45) is 18.7 Å². The molecule has 4 aromatic heterocycles. The van der Waals surface area contributed by atoms with Crippen LogP contribution < -0.4 is 31.5 Å². The minimum absolute atomic E-state index is 0.00139. The average Bonchev–Trinajstić information content (AvgIpc) is 3.94. The standard InChI is InChI=1S/C41H50F3N13O3/c1-53-32-18-28(7-8-29(32)35(50-53)30-9-10-33(58)49-40(30)59)54-15-11-26(12-16-54)47-19-23-3-5-27(6-4-23)57-22-31(36(51-57)37(43)44)48-41(60)34-38-46-13-2-14-56(38)52-39(34)55-20-24(42)17-25(45)21-55/h2,7-8,13-14,18,22-27,30,37,47H,3-6,9-12,15-17,19-21,45H2,1H3,(H,48,60)(H,49,58,59)/t23?,24-,25-,27?,30?/m1/s1. The molecule has 4 fully saturated rings. The number of anilines is 3. The Labute approximate surface area is 344 Å². The van der Waals surface area contributed by atoms with E-state index in [0.717, 1.165) is 74.7 Å². The predicted octanol–water partition coefficient (Wildman–Crippen LogP) is 4.39. The van der Waals surface area contributed by atoms with Gasteiger partial charge in [-0.05, 0) is 88.1 Å². The number of fused-ring (bicyclic) bond motifs is 2. The number of rotatable bonds is 10. The Bertz CT molecular complexity index is 2390. The van der Waals surface area contributed by atoms with Gasteiger partial charge < -0.3 is 26.2 Å². The summed E-state index contributed by atoms with van der Waals surface area (Å²) in [6.45, 7) is 2.96. The first-order valence-corrected chi connectivity index (χ1v) is 20.9. The van der Waals surface area contributed by atoms with Crippen LogP contribution in [0.25, 0.3) is 16.6 Å². The van der Waals surface area contributed by atoms with Gasteiger partial charge in [0.25, 0.3) is 12.3 Å². The third-order valence-corrected chi connectivity index (χ3v) is 12.7. The summed E-state index contributed by atoms with van der Waals surface area (Å²) in [5.74, 6) is -1.01. The van der Waals surface area contributed by atoms with Gasteiger partial charge in [-0.3, -0.25) is 29.1 Å². The minimum Gasteiger partial charge on any atom is -0.371 e. The number of benzene rings is 1. The van der Waals surface area contributed by atoms with Gasteiger partial charge in [0, 0.05) is 74.9 Å². The van der Waals surface area contributed by atoms with Gasteiger partial charge in [0.05, 0.1) is 35.4 Å². The summed E-state index contributed by atoms with van der Waals surface area (Å²) in [4.78, 5) is 46.4. The highest BCUT2D eigenvalue weighted by Crippen LogP contribution is 2.37. The quantitative estimate of drug-likeness (QED) is 0.147. The number of aryl methyl sites for hydroxylation is 1. The van der Waals surface area contributed by atoms with Crippen LogP contribution in [-0.2, 0) is 16.6 Å². The van der Waals surface area contributed by atoms with E-state index in [4.69, 9.17) is 5.73 Å². The van der Waals surface area contributed by atoms with Gasteiger partial charge >= 0.3 is 0 Å². The Kier molecular flexibility index (Phi) is 11.0. The monoisotopic (exact) mass is 829 g/mol. The fourth-order valence-corrected chi connectivity index (χ4v) is 9.55. The minimum atomic E-state index is -2.92. The van der Waals surface area contributed by atoms with E-state index < -0.39 is 36.2 Å². The fraction of sp³-hybridized carbons (Fsp3) is 0.537. The topological polar surface area (TPSA) is 186 Å². The van der Waals surface area contributed by atoms with Crippen molar-refractivity contribution in [1.29, 1.82) is 0 Å². The van der Waals surface area contributed by atoms with Gasteiger partial charge in [-0.1, -0.05) is 0 Å². The Morgan fingerprint density at radius 2 is 1.82 bits per heavy atom. The highest BCUT2D eigenvalue weighted by Gasteiger charge is 2.35. The summed E-state index contributed by atoms with van der Waals surface area (Å²) in [6, 6.07) is 7.76. The largest absolute Gasteiger partial charge is 0.371 e. The summed E-state index contributed by atoms with van der Waals surface area (Å²) in [7, 11) is 1.88. The van der Waals surface area contributed by atoms with Crippen LogP contribution in [0.5, 0.6) is 0 Å². The second-order valence-corrected chi connectivity index (χ2v) is 16.8. The lowest BCUT2D eigenvalue weighted by Crippen LogP contribution is -2.48. The summed E-state index contributed by atoms with van der Waals surface area (Å²) < 4.78 is 48.1. The first-order chi connectivity index (χ1) is 29.0. The summed E-state index contributed by atoms with van der Waals surface area (Å²) in [5, 5.41) is 23.3. The van der Waals surface area contributed by atoms with E-state index >= 15 is 0 Å². The van der Waals surface area contributed by atoms with Crippen molar-refractivity contribution in [3.05, 3.63) is 59.8 Å². The third kappa shape index (κ3) is 7.91. The number of hydrogen-bond donors (Lipinski definition) is 4.